The number of aromatic hydroxyl groups is 1. The highest BCUT2D eigenvalue weighted by molar-refractivity contribution is 6.01. The zero-order valence-electron chi connectivity index (χ0n) is 16.8. The molecule has 3 rings (SSSR count). The average molecular weight is 410 g/mol. The van der Waals surface area contributed by atoms with Gasteiger partial charge >= 0.3 is 5.97 Å². The van der Waals surface area contributed by atoms with Gasteiger partial charge in [-0.1, -0.05) is 18.2 Å². The molecule has 0 unspecified atom stereocenters. The molecule has 30 heavy (non-hydrogen) atoms. The van der Waals surface area contributed by atoms with E-state index in [1.807, 2.05) is 18.2 Å². The van der Waals surface area contributed by atoms with Crippen LogP contribution in [0.15, 0.2) is 36.4 Å². The van der Waals surface area contributed by atoms with Crippen molar-refractivity contribution in [3.05, 3.63) is 70.3 Å². The summed E-state index contributed by atoms with van der Waals surface area (Å²) < 4.78 is 14.8. The summed E-state index contributed by atoms with van der Waals surface area (Å²) in [5.74, 6) is -2.58. The third-order valence-corrected chi connectivity index (χ3v) is 5.00. The van der Waals surface area contributed by atoms with E-state index < -0.39 is 24.1 Å². The molecule has 1 aliphatic carbocycles. The summed E-state index contributed by atoms with van der Waals surface area (Å²) in [4.78, 5) is 26.9. The largest absolute Gasteiger partial charge is 0.506 e. The Kier molecular flexibility index (Phi) is 6.30. The second kappa shape index (κ2) is 8.90. The van der Waals surface area contributed by atoms with Gasteiger partial charge < -0.3 is 15.5 Å². The lowest BCUT2D eigenvalue weighted by atomic mass is 9.96. The van der Waals surface area contributed by atoms with Crippen LogP contribution in [-0.4, -0.2) is 27.1 Å². The van der Waals surface area contributed by atoms with E-state index in [0.717, 1.165) is 29.5 Å². The van der Waals surface area contributed by atoms with Crippen LogP contribution in [0.2, 0.25) is 0 Å². The van der Waals surface area contributed by atoms with E-state index in [1.165, 1.54) is 6.07 Å². The zero-order valence-corrected chi connectivity index (χ0v) is 16.8. The molecule has 2 aromatic rings. The molecule has 0 saturated carbocycles. The monoisotopic (exact) mass is 410 g/mol. The maximum atomic E-state index is 14.8. The number of aromatic nitrogens is 1. The number of halogens is 1. The number of hydrogen-bond acceptors (Lipinski definition) is 4. The highest BCUT2D eigenvalue weighted by atomic mass is 19.1. The molecule has 1 aliphatic rings. The topological polar surface area (TPSA) is 99.5 Å². The minimum absolute atomic E-state index is 0.0446. The van der Waals surface area contributed by atoms with Gasteiger partial charge in [-0.3, -0.25) is 9.59 Å². The van der Waals surface area contributed by atoms with Gasteiger partial charge in [0.2, 0.25) is 5.91 Å². The zero-order chi connectivity index (χ0) is 21.8. The van der Waals surface area contributed by atoms with E-state index in [4.69, 9.17) is 5.11 Å². The number of allylic oxidation sites excluding steroid dienone is 4. The maximum absolute atomic E-state index is 14.8. The first-order valence-electron chi connectivity index (χ1n) is 9.62. The minimum Gasteiger partial charge on any atom is -0.506 e. The van der Waals surface area contributed by atoms with Crippen molar-refractivity contribution in [2.75, 3.05) is 5.32 Å². The van der Waals surface area contributed by atoms with Gasteiger partial charge in [-0.05, 0) is 67.2 Å². The number of pyridine rings is 1. The molecule has 1 aromatic carbocycles. The van der Waals surface area contributed by atoms with Crippen LogP contribution in [0, 0.1) is 19.7 Å². The number of benzene rings is 1. The first-order chi connectivity index (χ1) is 14.3. The number of carbonyl (C=O) groups is 2. The number of rotatable bonds is 6. The number of hydrogen-bond donors (Lipinski definition) is 3. The number of amides is 1. The van der Waals surface area contributed by atoms with Crippen molar-refractivity contribution in [3.63, 3.8) is 0 Å². The number of aryl methyl sites for hydroxylation is 1. The maximum Gasteiger partial charge on any atom is 0.312 e. The molecular weight excluding hydrogens is 387 g/mol. The number of carbonyl (C=O) groups excluding carboxylic acids is 1. The summed E-state index contributed by atoms with van der Waals surface area (Å²) in [5.41, 5.74) is 3.81. The molecule has 1 amide bonds. The molecule has 0 fully saturated rings. The molecule has 0 saturated heterocycles. The van der Waals surface area contributed by atoms with Crippen molar-refractivity contribution in [3.8, 4) is 5.75 Å². The molecule has 0 atom stereocenters. The SMILES string of the molecule is Cc1cc(NC(=O)CC(=O)O)c(F)c(C)c1Cc1ccc(O)c(C2=CCCC=C2)n1. The van der Waals surface area contributed by atoms with Gasteiger partial charge in [-0.25, -0.2) is 9.37 Å². The Bertz CT molecular complexity index is 1070. The van der Waals surface area contributed by atoms with Crippen LogP contribution in [0.3, 0.4) is 0 Å². The van der Waals surface area contributed by atoms with E-state index in [2.05, 4.69) is 10.3 Å². The fourth-order valence-electron chi connectivity index (χ4n) is 3.47. The molecule has 0 radical (unpaired) electrons. The van der Waals surface area contributed by atoms with Crippen LogP contribution in [0.5, 0.6) is 5.75 Å². The molecule has 156 valence electrons. The van der Waals surface area contributed by atoms with Gasteiger partial charge in [-0.15, -0.1) is 0 Å². The Morgan fingerprint density at radius 3 is 2.67 bits per heavy atom. The Balaban J connectivity index is 1.89. The number of carboxylic acids is 1. The van der Waals surface area contributed by atoms with Crippen LogP contribution in [-0.2, 0) is 16.0 Å². The number of nitrogens with one attached hydrogen (secondary N) is 1. The van der Waals surface area contributed by atoms with Crippen LogP contribution >= 0.6 is 0 Å². The van der Waals surface area contributed by atoms with Crippen molar-refractivity contribution >= 4 is 23.1 Å². The molecule has 1 heterocycles. The van der Waals surface area contributed by atoms with Crippen molar-refractivity contribution in [2.45, 2.75) is 39.5 Å². The first kappa shape index (κ1) is 21.2. The normalized spacial score (nSPS) is 13.1. The molecule has 0 spiro atoms. The van der Waals surface area contributed by atoms with Crippen molar-refractivity contribution in [1.82, 2.24) is 4.98 Å². The van der Waals surface area contributed by atoms with Crippen LogP contribution < -0.4 is 5.32 Å². The van der Waals surface area contributed by atoms with Gasteiger partial charge in [0.25, 0.3) is 0 Å². The van der Waals surface area contributed by atoms with Gasteiger partial charge in [0.1, 0.15) is 23.7 Å². The van der Waals surface area contributed by atoms with E-state index in [1.54, 1.807) is 26.0 Å². The van der Waals surface area contributed by atoms with Crippen LogP contribution in [0.4, 0.5) is 10.1 Å². The quantitative estimate of drug-likeness (QED) is 0.617. The lowest BCUT2D eigenvalue weighted by Crippen LogP contribution is -2.17. The standard InChI is InChI=1S/C23H23FN2O4/c1-13-10-18(26-20(28)12-21(29)30)22(24)14(2)17(13)11-16-8-9-19(27)23(25-16)15-6-4-3-5-7-15/h4,6-10,27H,3,5,11-12H2,1-2H3,(H,26,28)(H,29,30). The third kappa shape index (κ3) is 4.74. The molecule has 6 nitrogen and oxygen atoms in total. The smallest absolute Gasteiger partial charge is 0.312 e. The van der Waals surface area contributed by atoms with E-state index in [-0.39, 0.29) is 11.4 Å². The number of anilines is 1. The lowest BCUT2D eigenvalue weighted by molar-refractivity contribution is -0.139. The van der Waals surface area contributed by atoms with Gasteiger partial charge in [0.15, 0.2) is 0 Å². The predicted octanol–water partition coefficient (Wildman–Crippen LogP) is 4.28. The molecule has 3 N–H and O–H groups in total. The summed E-state index contributed by atoms with van der Waals surface area (Å²) in [6, 6.07) is 4.78. The first-order valence-corrected chi connectivity index (χ1v) is 9.62. The van der Waals surface area contributed by atoms with E-state index in [0.29, 0.717) is 23.4 Å². The average Bonchev–Trinajstić information content (AvgIpc) is 2.70. The fraction of sp³-hybridized carbons (Fsp3) is 0.261. The number of aliphatic carboxylic acids is 1. The minimum atomic E-state index is -1.28. The summed E-state index contributed by atoms with van der Waals surface area (Å²) >= 11 is 0. The molecule has 0 aliphatic heterocycles. The molecular formula is C23H23FN2O4. The van der Waals surface area contributed by atoms with Crippen LogP contribution in [0.25, 0.3) is 5.57 Å². The van der Waals surface area contributed by atoms with Gasteiger partial charge in [-0.2, -0.15) is 0 Å². The number of carboxylic acid groups (broad SMARTS) is 1. The Morgan fingerprint density at radius 2 is 2.00 bits per heavy atom. The van der Waals surface area contributed by atoms with E-state index in [9.17, 15) is 19.1 Å². The van der Waals surface area contributed by atoms with Crippen LogP contribution in [0.1, 0.15) is 47.3 Å². The summed E-state index contributed by atoms with van der Waals surface area (Å²) in [5, 5.41) is 21.2. The molecule has 1 aromatic heterocycles. The second-order valence-electron chi connectivity index (χ2n) is 7.26. The Morgan fingerprint density at radius 1 is 1.23 bits per heavy atom. The summed E-state index contributed by atoms with van der Waals surface area (Å²) in [7, 11) is 0. The lowest BCUT2D eigenvalue weighted by Gasteiger charge is -2.16. The van der Waals surface area contributed by atoms with Gasteiger partial charge in [0.05, 0.1) is 5.69 Å². The Labute approximate surface area is 173 Å². The molecule has 7 heteroatoms. The van der Waals surface area contributed by atoms with Crippen molar-refractivity contribution < 1.29 is 24.2 Å². The van der Waals surface area contributed by atoms with Crippen molar-refractivity contribution in [1.29, 1.82) is 0 Å². The van der Waals surface area contributed by atoms with E-state index >= 15 is 0 Å². The Hall–Kier alpha value is -3.48. The summed E-state index contributed by atoms with van der Waals surface area (Å²) in [6.07, 6.45) is 7.44. The highest BCUT2D eigenvalue weighted by Gasteiger charge is 2.18. The third-order valence-electron chi connectivity index (χ3n) is 5.00. The fourth-order valence-corrected chi connectivity index (χ4v) is 3.47. The number of nitrogens with zero attached hydrogens (tertiary/aromatic N) is 1. The second-order valence-corrected chi connectivity index (χ2v) is 7.26. The van der Waals surface area contributed by atoms with Crippen molar-refractivity contribution in [2.24, 2.45) is 0 Å². The molecule has 0 bridgehead atoms. The van der Waals surface area contributed by atoms with Gasteiger partial charge in [0, 0.05) is 12.1 Å². The highest BCUT2D eigenvalue weighted by Crippen LogP contribution is 2.30. The predicted molar refractivity (Wildman–Crippen MR) is 112 cm³/mol. The summed E-state index contributed by atoms with van der Waals surface area (Å²) in [6.45, 7) is 3.40.